The molecule has 0 atom stereocenters. The third kappa shape index (κ3) is 5.98. The molecule has 0 bridgehead atoms. The van der Waals surface area contributed by atoms with Crippen LogP contribution in [-0.4, -0.2) is 39.6 Å². The fourth-order valence-corrected chi connectivity index (χ4v) is 3.56. The van der Waals surface area contributed by atoms with Crippen LogP contribution in [0.25, 0.3) is 0 Å². The smallest absolute Gasteiger partial charge is 0.240 e. The minimum atomic E-state index is -3.36. The van der Waals surface area contributed by atoms with Crippen LogP contribution in [0.1, 0.15) is 24.8 Å². The summed E-state index contributed by atoms with van der Waals surface area (Å²) < 4.78 is 26.8. The van der Waals surface area contributed by atoms with Crippen molar-refractivity contribution in [2.45, 2.75) is 36.6 Å². The van der Waals surface area contributed by atoms with Crippen LogP contribution in [0.4, 0.5) is 0 Å². The zero-order chi connectivity index (χ0) is 15.1. The fraction of sp³-hybridized carbons (Fsp3) is 0.600. The van der Waals surface area contributed by atoms with Gasteiger partial charge in [-0.25, -0.2) is 13.1 Å². The van der Waals surface area contributed by atoms with E-state index in [1.807, 2.05) is 18.4 Å². The van der Waals surface area contributed by atoms with Gasteiger partial charge in [-0.05, 0) is 61.9 Å². The Morgan fingerprint density at radius 2 is 1.90 bits per heavy atom. The van der Waals surface area contributed by atoms with Crippen LogP contribution < -0.4 is 10.0 Å². The number of benzene rings is 1. The molecule has 1 aliphatic rings. The van der Waals surface area contributed by atoms with E-state index in [1.165, 1.54) is 18.4 Å². The standard InChI is InChI=1S/C15H24N2O2S2/c1-20-12-2-10-17-21(18,19)15-7-3-13(4-8-15)9-11-16-14-5-6-14/h3-4,7-8,14,16-17H,2,5-6,9-12H2,1H3. The predicted molar refractivity (Wildman–Crippen MR) is 89.4 cm³/mol. The Bertz CT molecular complexity index is 525. The van der Waals surface area contributed by atoms with Crippen molar-refractivity contribution < 1.29 is 8.42 Å². The van der Waals surface area contributed by atoms with Crippen LogP contribution >= 0.6 is 11.8 Å². The van der Waals surface area contributed by atoms with Crippen LogP contribution in [0.5, 0.6) is 0 Å². The van der Waals surface area contributed by atoms with E-state index in [1.54, 1.807) is 23.9 Å². The summed E-state index contributed by atoms with van der Waals surface area (Å²) in [7, 11) is -3.36. The monoisotopic (exact) mass is 328 g/mol. The van der Waals surface area contributed by atoms with Gasteiger partial charge in [0.2, 0.25) is 10.0 Å². The van der Waals surface area contributed by atoms with Gasteiger partial charge < -0.3 is 5.32 Å². The maximum absolute atomic E-state index is 12.1. The van der Waals surface area contributed by atoms with Gasteiger partial charge >= 0.3 is 0 Å². The third-order valence-electron chi connectivity index (χ3n) is 3.48. The van der Waals surface area contributed by atoms with Crippen molar-refractivity contribution in [1.82, 2.24) is 10.0 Å². The van der Waals surface area contributed by atoms with Gasteiger partial charge in [-0.2, -0.15) is 11.8 Å². The van der Waals surface area contributed by atoms with E-state index in [0.29, 0.717) is 11.4 Å². The average Bonchev–Trinajstić information content (AvgIpc) is 3.28. The molecule has 1 saturated carbocycles. The van der Waals surface area contributed by atoms with Crippen molar-refractivity contribution in [2.75, 3.05) is 25.1 Å². The molecule has 1 aliphatic carbocycles. The molecule has 0 radical (unpaired) electrons. The first-order chi connectivity index (χ1) is 10.1. The lowest BCUT2D eigenvalue weighted by atomic mass is 10.1. The number of rotatable bonds is 10. The summed E-state index contributed by atoms with van der Waals surface area (Å²) in [6.07, 6.45) is 6.40. The number of hydrogen-bond acceptors (Lipinski definition) is 4. The number of nitrogens with one attached hydrogen (secondary N) is 2. The van der Waals surface area contributed by atoms with Gasteiger partial charge in [0.05, 0.1) is 4.90 Å². The molecule has 118 valence electrons. The van der Waals surface area contributed by atoms with Gasteiger partial charge in [-0.1, -0.05) is 12.1 Å². The highest BCUT2D eigenvalue weighted by Crippen LogP contribution is 2.18. The lowest BCUT2D eigenvalue weighted by Gasteiger charge is -2.08. The molecule has 1 aromatic rings. The number of thioether (sulfide) groups is 1. The summed E-state index contributed by atoms with van der Waals surface area (Å²) in [6, 6.07) is 7.93. The summed E-state index contributed by atoms with van der Waals surface area (Å²) in [4.78, 5) is 0.352. The SMILES string of the molecule is CSCCCNS(=O)(=O)c1ccc(CCNC2CC2)cc1. The minimum absolute atomic E-state index is 0.352. The molecule has 0 aliphatic heterocycles. The summed E-state index contributed by atoms with van der Waals surface area (Å²) in [5.41, 5.74) is 1.17. The Kier molecular flexibility index (Phi) is 6.54. The van der Waals surface area contributed by atoms with E-state index in [-0.39, 0.29) is 0 Å². The van der Waals surface area contributed by atoms with Gasteiger partial charge in [0.1, 0.15) is 0 Å². The molecular formula is C15H24N2O2S2. The van der Waals surface area contributed by atoms with Gasteiger partial charge in [-0.15, -0.1) is 0 Å². The van der Waals surface area contributed by atoms with Crippen LogP contribution in [0.15, 0.2) is 29.2 Å². The molecule has 1 aromatic carbocycles. The van der Waals surface area contributed by atoms with Gasteiger partial charge in [0, 0.05) is 12.6 Å². The Hall–Kier alpha value is -0.560. The maximum Gasteiger partial charge on any atom is 0.240 e. The largest absolute Gasteiger partial charge is 0.314 e. The first-order valence-corrected chi connectivity index (χ1v) is 10.3. The first kappa shape index (κ1) is 16.8. The second-order valence-electron chi connectivity index (χ2n) is 5.37. The Balaban J connectivity index is 1.81. The second kappa shape index (κ2) is 8.17. The fourth-order valence-electron chi connectivity index (χ4n) is 2.05. The van der Waals surface area contributed by atoms with Crippen molar-refractivity contribution >= 4 is 21.8 Å². The Morgan fingerprint density at radius 3 is 2.52 bits per heavy atom. The topological polar surface area (TPSA) is 58.2 Å². The quantitative estimate of drug-likeness (QED) is 0.645. The summed E-state index contributed by atoms with van der Waals surface area (Å²) in [5.74, 6) is 0.968. The normalized spacial score (nSPS) is 15.3. The molecule has 4 nitrogen and oxygen atoms in total. The van der Waals surface area contributed by atoms with Crippen molar-refractivity contribution in [1.29, 1.82) is 0 Å². The predicted octanol–water partition coefficient (Wildman–Crippen LogP) is 2.01. The van der Waals surface area contributed by atoms with Crippen molar-refractivity contribution in [2.24, 2.45) is 0 Å². The van der Waals surface area contributed by atoms with Crippen molar-refractivity contribution in [3.63, 3.8) is 0 Å². The molecule has 2 N–H and O–H groups in total. The minimum Gasteiger partial charge on any atom is -0.314 e. The third-order valence-corrected chi connectivity index (χ3v) is 5.65. The number of sulfonamides is 1. The molecular weight excluding hydrogens is 304 g/mol. The lowest BCUT2D eigenvalue weighted by Crippen LogP contribution is -2.25. The van der Waals surface area contributed by atoms with E-state index < -0.39 is 10.0 Å². The summed E-state index contributed by atoms with van der Waals surface area (Å²) in [5, 5.41) is 3.46. The van der Waals surface area contributed by atoms with Gasteiger partial charge in [-0.3, -0.25) is 0 Å². The van der Waals surface area contributed by atoms with E-state index in [4.69, 9.17) is 0 Å². The molecule has 2 rings (SSSR count). The molecule has 0 unspecified atom stereocenters. The van der Waals surface area contributed by atoms with Crippen LogP contribution in [0.3, 0.4) is 0 Å². The molecule has 6 heteroatoms. The molecule has 0 aromatic heterocycles. The zero-order valence-electron chi connectivity index (χ0n) is 12.5. The van der Waals surface area contributed by atoms with E-state index >= 15 is 0 Å². The molecule has 21 heavy (non-hydrogen) atoms. The molecule has 0 amide bonds. The lowest BCUT2D eigenvalue weighted by molar-refractivity contribution is 0.581. The van der Waals surface area contributed by atoms with E-state index in [9.17, 15) is 8.42 Å². The van der Waals surface area contributed by atoms with Crippen LogP contribution in [0.2, 0.25) is 0 Å². The Labute approximate surface area is 132 Å². The highest BCUT2D eigenvalue weighted by atomic mass is 32.2. The van der Waals surface area contributed by atoms with E-state index in [0.717, 1.165) is 31.2 Å². The zero-order valence-corrected chi connectivity index (χ0v) is 14.1. The van der Waals surface area contributed by atoms with Gasteiger partial charge in [0.15, 0.2) is 0 Å². The van der Waals surface area contributed by atoms with Gasteiger partial charge in [0.25, 0.3) is 0 Å². The van der Waals surface area contributed by atoms with E-state index in [2.05, 4.69) is 10.0 Å². The molecule has 1 fully saturated rings. The van der Waals surface area contributed by atoms with Crippen LogP contribution in [0, 0.1) is 0 Å². The average molecular weight is 329 g/mol. The first-order valence-electron chi connectivity index (χ1n) is 7.43. The van der Waals surface area contributed by atoms with Crippen LogP contribution in [-0.2, 0) is 16.4 Å². The summed E-state index contributed by atoms with van der Waals surface area (Å²) >= 11 is 1.72. The highest BCUT2D eigenvalue weighted by molar-refractivity contribution is 7.98. The second-order valence-corrected chi connectivity index (χ2v) is 8.12. The molecule has 0 saturated heterocycles. The van der Waals surface area contributed by atoms with Crippen molar-refractivity contribution in [3.05, 3.63) is 29.8 Å². The number of hydrogen-bond donors (Lipinski definition) is 2. The maximum atomic E-state index is 12.1. The molecule has 0 spiro atoms. The van der Waals surface area contributed by atoms with Crippen molar-refractivity contribution in [3.8, 4) is 0 Å². The highest BCUT2D eigenvalue weighted by Gasteiger charge is 2.19. The molecule has 0 heterocycles. The Morgan fingerprint density at radius 1 is 1.19 bits per heavy atom. The summed E-state index contributed by atoms with van der Waals surface area (Å²) in [6.45, 7) is 1.46.